The fraction of sp³-hybridized carbons (Fsp3) is 0.235. The van der Waals surface area contributed by atoms with Gasteiger partial charge in [-0.1, -0.05) is 6.92 Å². The van der Waals surface area contributed by atoms with Gasteiger partial charge in [-0.2, -0.15) is 0 Å². The maximum absolute atomic E-state index is 14.1. The molecule has 0 unspecified atom stereocenters. The van der Waals surface area contributed by atoms with Crippen molar-refractivity contribution in [2.24, 2.45) is 0 Å². The van der Waals surface area contributed by atoms with Crippen LogP contribution in [0.15, 0.2) is 30.3 Å². The van der Waals surface area contributed by atoms with E-state index in [0.29, 0.717) is 6.54 Å². The lowest BCUT2D eigenvalue weighted by molar-refractivity contribution is 0.0954. The van der Waals surface area contributed by atoms with Crippen LogP contribution >= 0.6 is 22.6 Å². The number of anilines is 2. The maximum atomic E-state index is 14.1. The Kier molecular flexibility index (Phi) is 6.36. The van der Waals surface area contributed by atoms with Gasteiger partial charge in [-0.15, -0.1) is 0 Å². The van der Waals surface area contributed by atoms with E-state index in [1.165, 1.54) is 25.3 Å². The van der Waals surface area contributed by atoms with E-state index in [9.17, 15) is 13.6 Å². The van der Waals surface area contributed by atoms with Gasteiger partial charge in [-0.3, -0.25) is 4.79 Å². The predicted molar refractivity (Wildman–Crippen MR) is 98.0 cm³/mol. The van der Waals surface area contributed by atoms with Crippen molar-refractivity contribution in [1.29, 1.82) is 0 Å². The van der Waals surface area contributed by atoms with Crippen molar-refractivity contribution in [1.82, 2.24) is 5.32 Å². The molecule has 2 N–H and O–H groups in total. The summed E-state index contributed by atoms with van der Waals surface area (Å²) in [5, 5.41) is 5.50. The lowest BCUT2D eigenvalue weighted by atomic mass is 10.1. The third-order valence-corrected chi connectivity index (χ3v) is 3.96. The van der Waals surface area contributed by atoms with Gasteiger partial charge in [0.25, 0.3) is 5.91 Å². The number of benzene rings is 2. The molecule has 0 fully saturated rings. The highest BCUT2D eigenvalue weighted by Crippen LogP contribution is 2.35. The number of rotatable bonds is 6. The molecule has 2 aromatic carbocycles. The lowest BCUT2D eigenvalue weighted by Crippen LogP contribution is -2.25. The summed E-state index contributed by atoms with van der Waals surface area (Å²) in [5.41, 5.74) is 0.398. The second-order valence-electron chi connectivity index (χ2n) is 5.01. The molecule has 128 valence electrons. The predicted octanol–water partition coefficient (Wildman–Crippen LogP) is 4.46. The van der Waals surface area contributed by atoms with Crippen LogP contribution in [-0.2, 0) is 0 Å². The molecule has 0 saturated carbocycles. The second-order valence-corrected chi connectivity index (χ2v) is 6.25. The molecule has 0 radical (unpaired) electrons. The molecule has 0 aliphatic heterocycles. The van der Waals surface area contributed by atoms with Crippen LogP contribution in [0.3, 0.4) is 0 Å². The van der Waals surface area contributed by atoms with Gasteiger partial charge < -0.3 is 15.4 Å². The van der Waals surface area contributed by atoms with Gasteiger partial charge >= 0.3 is 0 Å². The van der Waals surface area contributed by atoms with Gasteiger partial charge in [-0.25, -0.2) is 8.78 Å². The largest absolute Gasteiger partial charge is 0.492 e. The Hall–Kier alpha value is -1.90. The summed E-state index contributed by atoms with van der Waals surface area (Å²) in [4.78, 5) is 12.3. The summed E-state index contributed by atoms with van der Waals surface area (Å²) < 4.78 is 33.9. The molecule has 24 heavy (non-hydrogen) atoms. The van der Waals surface area contributed by atoms with Crippen LogP contribution in [0.5, 0.6) is 5.75 Å². The Morgan fingerprint density at radius 1 is 1.21 bits per heavy atom. The first-order valence-corrected chi connectivity index (χ1v) is 8.42. The monoisotopic (exact) mass is 446 g/mol. The Morgan fingerprint density at radius 2 is 1.96 bits per heavy atom. The number of halogens is 3. The van der Waals surface area contributed by atoms with Gasteiger partial charge in [0.2, 0.25) is 0 Å². The zero-order valence-electron chi connectivity index (χ0n) is 13.3. The molecule has 7 heteroatoms. The van der Waals surface area contributed by atoms with Crippen LogP contribution in [0.4, 0.5) is 20.2 Å². The molecule has 2 rings (SSSR count). The fourth-order valence-electron chi connectivity index (χ4n) is 2.13. The van der Waals surface area contributed by atoms with Crippen LogP contribution < -0.4 is 15.4 Å². The first-order chi connectivity index (χ1) is 11.5. The SMILES string of the molecule is CCCNC(=O)c1ccc(F)c(OC)c1Nc1ccc(I)cc1F. The van der Waals surface area contributed by atoms with Crippen molar-refractivity contribution in [3.8, 4) is 5.75 Å². The first-order valence-electron chi connectivity index (χ1n) is 7.34. The normalized spacial score (nSPS) is 10.4. The van der Waals surface area contributed by atoms with Crippen LogP contribution in [0, 0.1) is 15.2 Å². The molecule has 0 aromatic heterocycles. The molecule has 0 heterocycles. The van der Waals surface area contributed by atoms with Gasteiger partial charge in [0.1, 0.15) is 5.82 Å². The minimum Gasteiger partial charge on any atom is -0.492 e. The number of hydrogen-bond acceptors (Lipinski definition) is 3. The molecule has 0 saturated heterocycles. The number of nitrogens with one attached hydrogen (secondary N) is 2. The minimum absolute atomic E-state index is 0.0891. The molecule has 0 spiro atoms. The highest BCUT2D eigenvalue weighted by Gasteiger charge is 2.20. The summed E-state index contributed by atoms with van der Waals surface area (Å²) >= 11 is 1.99. The second kappa shape index (κ2) is 8.27. The smallest absolute Gasteiger partial charge is 0.253 e. The number of methoxy groups -OCH3 is 1. The average Bonchev–Trinajstić information content (AvgIpc) is 2.55. The van der Waals surface area contributed by atoms with Crippen molar-refractivity contribution in [3.05, 3.63) is 51.1 Å². The van der Waals surface area contributed by atoms with E-state index in [1.54, 1.807) is 6.07 Å². The zero-order valence-corrected chi connectivity index (χ0v) is 15.4. The van der Waals surface area contributed by atoms with Crippen LogP contribution in [0.2, 0.25) is 0 Å². The standard InChI is InChI=1S/C17H17F2IN2O2/c1-3-8-21-17(23)11-5-6-12(18)16(24-2)15(11)22-14-7-4-10(20)9-13(14)19/h4-7,9,22H,3,8H2,1-2H3,(H,21,23). The molecule has 1 amide bonds. The molecular weight excluding hydrogens is 429 g/mol. The van der Waals surface area contributed by atoms with Gasteiger partial charge in [-0.05, 0) is 59.3 Å². The third-order valence-electron chi connectivity index (χ3n) is 3.28. The number of carbonyl (C=O) groups is 1. The summed E-state index contributed by atoms with van der Waals surface area (Å²) in [7, 11) is 1.29. The quantitative estimate of drug-likeness (QED) is 0.645. The van der Waals surface area contributed by atoms with Gasteiger partial charge in [0.15, 0.2) is 11.6 Å². The van der Waals surface area contributed by atoms with Gasteiger partial charge in [0, 0.05) is 10.1 Å². The van der Waals surface area contributed by atoms with E-state index in [4.69, 9.17) is 4.74 Å². The van der Waals surface area contributed by atoms with Crippen molar-refractivity contribution in [3.63, 3.8) is 0 Å². The Labute approximate surface area is 152 Å². The molecule has 0 bridgehead atoms. The number of ether oxygens (including phenoxy) is 1. The molecule has 0 aliphatic rings. The van der Waals surface area contributed by atoms with E-state index < -0.39 is 11.6 Å². The number of amides is 1. The zero-order chi connectivity index (χ0) is 17.7. The van der Waals surface area contributed by atoms with E-state index in [1.807, 2.05) is 29.5 Å². The fourth-order valence-corrected chi connectivity index (χ4v) is 2.58. The summed E-state index contributed by atoms with van der Waals surface area (Å²) in [6, 6.07) is 7.06. The van der Waals surface area contributed by atoms with Crippen LogP contribution in [-0.4, -0.2) is 19.6 Å². The van der Waals surface area contributed by atoms with E-state index in [-0.39, 0.29) is 28.6 Å². The van der Waals surface area contributed by atoms with Crippen molar-refractivity contribution >= 4 is 39.9 Å². The Morgan fingerprint density at radius 3 is 2.58 bits per heavy atom. The summed E-state index contributed by atoms with van der Waals surface area (Å²) in [6.07, 6.45) is 0.762. The highest BCUT2D eigenvalue weighted by atomic mass is 127. The van der Waals surface area contributed by atoms with Crippen molar-refractivity contribution in [2.45, 2.75) is 13.3 Å². The average molecular weight is 446 g/mol. The molecule has 4 nitrogen and oxygen atoms in total. The van der Waals surface area contributed by atoms with Crippen molar-refractivity contribution < 1.29 is 18.3 Å². The molecule has 0 atom stereocenters. The van der Waals surface area contributed by atoms with Crippen LogP contribution in [0.25, 0.3) is 0 Å². The first kappa shape index (κ1) is 18.4. The third kappa shape index (κ3) is 4.14. The highest BCUT2D eigenvalue weighted by molar-refractivity contribution is 14.1. The molecule has 0 aliphatic carbocycles. The van der Waals surface area contributed by atoms with E-state index in [0.717, 1.165) is 16.1 Å². The summed E-state index contributed by atoms with van der Waals surface area (Å²) in [5.74, 6) is -1.67. The minimum atomic E-state index is -0.641. The summed E-state index contributed by atoms with van der Waals surface area (Å²) in [6.45, 7) is 2.40. The Bertz CT molecular complexity index is 754. The lowest BCUT2D eigenvalue weighted by Gasteiger charge is -2.17. The molecular formula is C17H17F2IN2O2. The topological polar surface area (TPSA) is 50.4 Å². The van der Waals surface area contributed by atoms with E-state index >= 15 is 0 Å². The van der Waals surface area contributed by atoms with Crippen molar-refractivity contribution in [2.75, 3.05) is 19.0 Å². The number of hydrogen-bond donors (Lipinski definition) is 2. The van der Waals surface area contributed by atoms with E-state index in [2.05, 4.69) is 10.6 Å². The van der Waals surface area contributed by atoms with Gasteiger partial charge in [0.05, 0.1) is 24.0 Å². The van der Waals surface area contributed by atoms with Crippen LogP contribution in [0.1, 0.15) is 23.7 Å². The molecule has 2 aromatic rings. The number of carbonyl (C=O) groups excluding carboxylic acids is 1. The Balaban J connectivity index is 2.48. The maximum Gasteiger partial charge on any atom is 0.253 e.